The highest BCUT2D eigenvalue weighted by Gasteiger charge is 2.22. The van der Waals surface area contributed by atoms with Crippen LogP contribution in [0, 0.1) is 17.0 Å². The molecule has 2 rings (SSSR count). The van der Waals surface area contributed by atoms with E-state index in [1.807, 2.05) is 0 Å². The normalized spacial score (nSPS) is 23.1. The van der Waals surface area contributed by atoms with E-state index in [2.05, 4.69) is 26.2 Å². The standard InChI is InChI=1S/C12H16BrN3O3/c1-7-11(16(18)19)6-10(13)12(14-7)15-8-2-4-9(17)5-3-8/h6,8-9,17H,2-5H2,1H3,(H,14,15). The van der Waals surface area contributed by atoms with Gasteiger partial charge in [-0.25, -0.2) is 4.98 Å². The molecule has 7 heteroatoms. The minimum Gasteiger partial charge on any atom is -0.393 e. The van der Waals surface area contributed by atoms with Gasteiger partial charge in [-0.05, 0) is 48.5 Å². The number of aliphatic hydroxyl groups excluding tert-OH is 1. The van der Waals surface area contributed by atoms with Gasteiger partial charge < -0.3 is 10.4 Å². The van der Waals surface area contributed by atoms with Gasteiger partial charge in [-0.15, -0.1) is 0 Å². The zero-order valence-corrected chi connectivity index (χ0v) is 12.2. The van der Waals surface area contributed by atoms with Gasteiger partial charge in [0.25, 0.3) is 5.69 Å². The van der Waals surface area contributed by atoms with Crippen LogP contribution in [-0.4, -0.2) is 27.2 Å². The van der Waals surface area contributed by atoms with Crippen LogP contribution in [0.25, 0.3) is 0 Å². The maximum Gasteiger partial charge on any atom is 0.291 e. The Morgan fingerprint density at radius 1 is 1.47 bits per heavy atom. The van der Waals surface area contributed by atoms with Crippen molar-refractivity contribution in [3.8, 4) is 0 Å². The van der Waals surface area contributed by atoms with E-state index in [4.69, 9.17) is 0 Å². The quantitative estimate of drug-likeness (QED) is 0.657. The van der Waals surface area contributed by atoms with Crippen LogP contribution >= 0.6 is 15.9 Å². The molecule has 0 saturated heterocycles. The Kier molecular flexibility index (Phi) is 4.36. The minimum atomic E-state index is -0.437. The second-order valence-electron chi connectivity index (χ2n) is 4.83. The van der Waals surface area contributed by atoms with Crippen molar-refractivity contribution in [1.29, 1.82) is 0 Å². The Labute approximate surface area is 119 Å². The molecule has 19 heavy (non-hydrogen) atoms. The highest BCUT2D eigenvalue weighted by atomic mass is 79.9. The van der Waals surface area contributed by atoms with Gasteiger partial charge in [-0.1, -0.05) is 0 Å². The molecular formula is C12H16BrN3O3. The van der Waals surface area contributed by atoms with Gasteiger partial charge in [0.15, 0.2) is 0 Å². The molecule has 0 aromatic carbocycles. The largest absolute Gasteiger partial charge is 0.393 e. The van der Waals surface area contributed by atoms with E-state index in [9.17, 15) is 15.2 Å². The summed E-state index contributed by atoms with van der Waals surface area (Å²) < 4.78 is 0.593. The van der Waals surface area contributed by atoms with Crippen molar-refractivity contribution < 1.29 is 10.0 Å². The fraction of sp³-hybridized carbons (Fsp3) is 0.583. The van der Waals surface area contributed by atoms with Crippen LogP contribution in [0.1, 0.15) is 31.4 Å². The smallest absolute Gasteiger partial charge is 0.291 e. The summed E-state index contributed by atoms with van der Waals surface area (Å²) in [6.45, 7) is 1.63. The van der Waals surface area contributed by atoms with Gasteiger partial charge in [0.05, 0.1) is 15.5 Å². The van der Waals surface area contributed by atoms with Gasteiger partial charge in [0, 0.05) is 12.1 Å². The lowest BCUT2D eigenvalue weighted by Crippen LogP contribution is -2.28. The van der Waals surface area contributed by atoms with E-state index < -0.39 is 4.92 Å². The Bertz CT molecular complexity index is 487. The summed E-state index contributed by atoms with van der Waals surface area (Å²) in [5.41, 5.74) is 0.406. The van der Waals surface area contributed by atoms with Crippen molar-refractivity contribution in [2.75, 3.05) is 5.32 Å². The number of aliphatic hydroxyl groups is 1. The second-order valence-corrected chi connectivity index (χ2v) is 5.68. The molecule has 0 spiro atoms. The molecule has 1 aromatic heterocycles. The van der Waals surface area contributed by atoms with Crippen molar-refractivity contribution in [2.24, 2.45) is 0 Å². The first-order chi connectivity index (χ1) is 8.97. The summed E-state index contributed by atoms with van der Waals surface area (Å²) in [6, 6.07) is 1.73. The third kappa shape index (κ3) is 3.42. The lowest BCUT2D eigenvalue weighted by atomic mass is 9.93. The molecule has 1 aliphatic carbocycles. The fourth-order valence-electron chi connectivity index (χ4n) is 2.27. The van der Waals surface area contributed by atoms with Gasteiger partial charge in [0.2, 0.25) is 0 Å². The van der Waals surface area contributed by atoms with E-state index in [0.29, 0.717) is 16.0 Å². The fourth-order valence-corrected chi connectivity index (χ4v) is 2.69. The summed E-state index contributed by atoms with van der Waals surface area (Å²) >= 11 is 3.31. The summed E-state index contributed by atoms with van der Waals surface area (Å²) in [7, 11) is 0. The second kappa shape index (κ2) is 5.83. The number of hydrogen-bond acceptors (Lipinski definition) is 5. The monoisotopic (exact) mass is 329 g/mol. The Balaban J connectivity index is 2.13. The summed E-state index contributed by atoms with van der Waals surface area (Å²) in [6.07, 6.45) is 3.12. The molecule has 1 fully saturated rings. The van der Waals surface area contributed by atoms with Crippen LogP contribution in [0.15, 0.2) is 10.5 Å². The topological polar surface area (TPSA) is 88.3 Å². The van der Waals surface area contributed by atoms with Crippen molar-refractivity contribution in [1.82, 2.24) is 4.98 Å². The van der Waals surface area contributed by atoms with Crippen LogP contribution in [0.2, 0.25) is 0 Å². The SMILES string of the molecule is Cc1nc(NC2CCC(O)CC2)c(Br)cc1[N+](=O)[O-]. The molecule has 1 aromatic rings. The van der Waals surface area contributed by atoms with Crippen molar-refractivity contribution in [3.05, 3.63) is 26.3 Å². The number of halogens is 1. The maximum atomic E-state index is 10.8. The average Bonchev–Trinajstić information content (AvgIpc) is 2.35. The lowest BCUT2D eigenvalue weighted by Gasteiger charge is -2.27. The zero-order chi connectivity index (χ0) is 14.0. The van der Waals surface area contributed by atoms with Crippen LogP contribution in [0.5, 0.6) is 0 Å². The first-order valence-corrected chi connectivity index (χ1v) is 7.03. The molecule has 0 amide bonds. The molecule has 0 aliphatic heterocycles. The third-order valence-corrected chi connectivity index (χ3v) is 3.98. The Morgan fingerprint density at radius 3 is 2.68 bits per heavy atom. The molecule has 1 heterocycles. The predicted molar refractivity (Wildman–Crippen MR) is 75.2 cm³/mol. The van der Waals surface area contributed by atoms with Crippen molar-refractivity contribution in [2.45, 2.75) is 44.8 Å². The first kappa shape index (κ1) is 14.2. The Hall–Kier alpha value is -1.21. The van der Waals surface area contributed by atoms with Gasteiger partial charge in [-0.3, -0.25) is 10.1 Å². The van der Waals surface area contributed by atoms with E-state index in [-0.39, 0.29) is 17.8 Å². The van der Waals surface area contributed by atoms with Crippen molar-refractivity contribution >= 4 is 27.4 Å². The number of aromatic nitrogens is 1. The lowest BCUT2D eigenvalue weighted by molar-refractivity contribution is -0.385. The highest BCUT2D eigenvalue weighted by molar-refractivity contribution is 9.10. The van der Waals surface area contributed by atoms with E-state index in [0.717, 1.165) is 25.7 Å². The predicted octanol–water partition coefficient (Wildman–Crippen LogP) is 2.78. The molecule has 104 valence electrons. The first-order valence-electron chi connectivity index (χ1n) is 6.23. The molecule has 1 saturated carbocycles. The molecule has 0 bridgehead atoms. The van der Waals surface area contributed by atoms with E-state index >= 15 is 0 Å². The number of hydrogen-bond donors (Lipinski definition) is 2. The third-order valence-electron chi connectivity index (χ3n) is 3.37. The van der Waals surface area contributed by atoms with Crippen LogP contribution in [-0.2, 0) is 0 Å². The molecule has 0 radical (unpaired) electrons. The van der Waals surface area contributed by atoms with Crippen molar-refractivity contribution in [3.63, 3.8) is 0 Å². The van der Waals surface area contributed by atoms with Gasteiger partial charge >= 0.3 is 0 Å². The number of nitrogens with one attached hydrogen (secondary N) is 1. The minimum absolute atomic E-state index is 0.0106. The number of aryl methyl sites for hydroxylation is 1. The number of nitro groups is 1. The van der Waals surface area contributed by atoms with E-state index in [1.54, 1.807) is 6.92 Å². The highest BCUT2D eigenvalue weighted by Crippen LogP contribution is 2.30. The molecule has 0 atom stereocenters. The number of nitrogens with zero attached hydrogens (tertiary/aromatic N) is 2. The van der Waals surface area contributed by atoms with Gasteiger partial charge in [0.1, 0.15) is 11.5 Å². The van der Waals surface area contributed by atoms with Crippen LogP contribution in [0.3, 0.4) is 0 Å². The van der Waals surface area contributed by atoms with Gasteiger partial charge in [-0.2, -0.15) is 0 Å². The number of anilines is 1. The number of rotatable bonds is 3. The maximum absolute atomic E-state index is 10.8. The summed E-state index contributed by atoms with van der Waals surface area (Å²) in [4.78, 5) is 14.6. The molecule has 1 aliphatic rings. The molecule has 2 N–H and O–H groups in total. The van der Waals surface area contributed by atoms with Crippen LogP contribution in [0.4, 0.5) is 11.5 Å². The molecule has 6 nitrogen and oxygen atoms in total. The molecular weight excluding hydrogens is 314 g/mol. The summed E-state index contributed by atoms with van der Waals surface area (Å²) in [5.74, 6) is 0.629. The number of pyridine rings is 1. The zero-order valence-electron chi connectivity index (χ0n) is 10.6. The summed E-state index contributed by atoms with van der Waals surface area (Å²) in [5, 5.41) is 23.6. The van der Waals surface area contributed by atoms with E-state index in [1.165, 1.54) is 6.07 Å². The van der Waals surface area contributed by atoms with Crippen LogP contribution < -0.4 is 5.32 Å². The Morgan fingerprint density at radius 2 is 2.11 bits per heavy atom. The molecule has 0 unspecified atom stereocenters. The average molecular weight is 330 g/mol.